The van der Waals surface area contributed by atoms with E-state index in [0.717, 1.165) is 0 Å². The molecule has 0 bridgehead atoms. The van der Waals surface area contributed by atoms with Crippen LogP contribution in [-0.2, 0) is 14.3 Å². The predicted molar refractivity (Wildman–Crippen MR) is 28.7 cm³/mol. The average molecular weight is 182 g/mol. The van der Waals surface area contributed by atoms with E-state index < -0.39 is 17.4 Å². The molecule has 1 fully saturated rings. The fourth-order valence-electron chi connectivity index (χ4n) is 0.812. The summed E-state index contributed by atoms with van der Waals surface area (Å²) in [6.45, 7) is 0. The summed E-state index contributed by atoms with van der Waals surface area (Å²) in [6.07, 6.45) is 0.698. The topological polar surface area (TPSA) is 66.4 Å². The Morgan fingerprint density at radius 3 is 2.00 bits per heavy atom. The second kappa shape index (κ2) is 4.00. The van der Waals surface area contributed by atoms with Crippen LogP contribution in [0.1, 0.15) is 12.8 Å². The smallest absolute Gasteiger partial charge is 0.549 e. The van der Waals surface area contributed by atoms with Gasteiger partial charge >= 0.3 is 57.4 Å². The van der Waals surface area contributed by atoms with Gasteiger partial charge in [0.25, 0.3) is 0 Å². The maximum atomic E-state index is 10.7. The minimum Gasteiger partial charge on any atom is -0.549 e. The van der Waals surface area contributed by atoms with Crippen LogP contribution in [0.2, 0.25) is 0 Å². The van der Waals surface area contributed by atoms with Gasteiger partial charge in [-0.3, -0.25) is 4.79 Å². The predicted octanol–water partition coefficient (Wildman–Crippen LogP) is -4.31. The molecule has 5 heteroatoms. The SMILES string of the molecule is COC(=O)C1(C(=O)[O-])CC1.[K+]. The van der Waals surface area contributed by atoms with Crippen molar-refractivity contribution in [3.05, 3.63) is 0 Å². The number of carboxylic acid groups (broad SMARTS) is 1. The van der Waals surface area contributed by atoms with Gasteiger partial charge in [-0.25, -0.2) is 0 Å². The zero-order valence-electron chi connectivity index (χ0n) is 6.55. The molecule has 0 radical (unpaired) electrons. The van der Waals surface area contributed by atoms with Crippen LogP contribution < -0.4 is 56.5 Å². The van der Waals surface area contributed by atoms with Crippen LogP contribution in [0, 0.1) is 5.41 Å². The molecule has 0 spiro atoms. The third-order valence-electron chi connectivity index (χ3n) is 1.72. The molecular weight excluding hydrogens is 175 g/mol. The normalized spacial score (nSPS) is 17.9. The van der Waals surface area contributed by atoms with Gasteiger partial charge in [0.15, 0.2) is 0 Å². The molecule has 0 aromatic heterocycles. The molecule has 0 amide bonds. The third-order valence-corrected chi connectivity index (χ3v) is 1.72. The van der Waals surface area contributed by atoms with Crippen molar-refractivity contribution in [1.82, 2.24) is 0 Å². The zero-order chi connectivity index (χ0) is 7.78. The summed E-state index contributed by atoms with van der Waals surface area (Å²) in [5, 5.41) is 10.3. The molecule has 1 rings (SSSR count). The third kappa shape index (κ3) is 2.03. The Balaban J connectivity index is 0.000001000. The summed E-state index contributed by atoms with van der Waals surface area (Å²) < 4.78 is 4.28. The molecule has 1 saturated carbocycles. The Labute approximate surface area is 107 Å². The first-order valence-corrected chi connectivity index (χ1v) is 2.93. The Morgan fingerprint density at radius 1 is 1.45 bits per heavy atom. The quantitative estimate of drug-likeness (QED) is 0.246. The van der Waals surface area contributed by atoms with E-state index >= 15 is 0 Å². The Bertz CT molecular complexity index is 185. The van der Waals surface area contributed by atoms with Gasteiger partial charge < -0.3 is 14.6 Å². The van der Waals surface area contributed by atoms with Crippen molar-refractivity contribution in [1.29, 1.82) is 0 Å². The van der Waals surface area contributed by atoms with E-state index in [1.165, 1.54) is 7.11 Å². The Morgan fingerprint density at radius 2 is 1.91 bits per heavy atom. The second-order valence-corrected chi connectivity index (χ2v) is 2.36. The molecule has 56 valence electrons. The number of carboxylic acids is 1. The largest absolute Gasteiger partial charge is 1.00 e. The van der Waals surface area contributed by atoms with Gasteiger partial charge in [-0.2, -0.15) is 0 Å². The summed E-state index contributed by atoms with van der Waals surface area (Å²) in [6, 6.07) is 0. The van der Waals surface area contributed by atoms with E-state index in [2.05, 4.69) is 4.74 Å². The first kappa shape index (κ1) is 11.6. The number of methoxy groups -OCH3 is 1. The summed E-state index contributed by atoms with van der Waals surface area (Å²) in [5.41, 5.74) is -1.30. The van der Waals surface area contributed by atoms with E-state index in [4.69, 9.17) is 0 Å². The minimum atomic E-state index is -1.32. The van der Waals surface area contributed by atoms with Crippen LogP contribution in [0.4, 0.5) is 0 Å². The maximum absolute atomic E-state index is 10.7. The number of hydrogen-bond acceptors (Lipinski definition) is 4. The summed E-state index contributed by atoms with van der Waals surface area (Å²) in [5.74, 6) is -2.01. The first-order chi connectivity index (χ1) is 4.63. The average Bonchev–Trinajstić information content (AvgIpc) is 2.65. The molecule has 0 aliphatic heterocycles. The number of hydrogen-bond donors (Lipinski definition) is 0. The standard InChI is InChI=1S/C6H8O4.K/c1-10-5(9)6(2-3-6)4(7)8;/h2-3H2,1H3,(H,7,8);/q;+1/p-1. The molecule has 0 unspecified atom stereocenters. The van der Waals surface area contributed by atoms with E-state index in [1.807, 2.05) is 0 Å². The van der Waals surface area contributed by atoms with Crippen LogP contribution in [0.5, 0.6) is 0 Å². The molecule has 1 aliphatic rings. The van der Waals surface area contributed by atoms with E-state index in [0.29, 0.717) is 12.8 Å². The van der Waals surface area contributed by atoms with Gasteiger partial charge in [-0.05, 0) is 12.8 Å². The second-order valence-electron chi connectivity index (χ2n) is 2.36. The van der Waals surface area contributed by atoms with Crippen LogP contribution in [0.3, 0.4) is 0 Å². The fourth-order valence-corrected chi connectivity index (χ4v) is 0.812. The molecule has 0 aromatic rings. The van der Waals surface area contributed by atoms with E-state index in [1.54, 1.807) is 0 Å². The van der Waals surface area contributed by atoms with Crippen LogP contribution in [-0.4, -0.2) is 19.0 Å². The Kier molecular flexibility index (Phi) is 4.21. The van der Waals surface area contributed by atoms with Gasteiger partial charge in [0.05, 0.1) is 13.1 Å². The summed E-state index contributed by atoms with van der Waals surface area (Å²) in [7, 11) is 1.17. The van der Waals surface area contributed by atoms with E-state index in [-0.39, 0.29) is 51.4 Å². The van der Waals surface area contributed by atoms with Crippen LogP contribution >= 0.6 is 0 Å². The van der Waals surface area contributed by atoms with Crippen molar-refractivity contribution < 1.29 is 70.8 Å². The van der Waals surface area contributed by atoms with Gasteiger partial charge in [-0.15, -0.1) is 0 Å². The molecule has 0 atom stereocenters. The van der Waals surface area contributed by atoms with Gasteiger partial charge in [-0.1, -0.05) is 0 Å². The number of aliphatic carboxylic acids is 1. The zero-order valence-corrected chi connectivity index (χ0v) is 9.67. The van der Waals surface area contributed by atoms with Crippen LogP contribution in [0.15, 0.2) is 0 Å². The summed E-state index contributed by atoms with van der Waals surface area (Å²) >= 11 is 0. The number of esters is 1. The fraction of sp³-hybridized carbons (Fsp3) is 0.667. The molecule has 0 N–H and O–H groups in total. The van der Waals surface area contributed by atoms with Gasteiger partial charge in [0.2, 0.25) is 0 Å². The number of rotatable bonds is 2. The number of carbonyl (C=O) groups excluding carboxylic acids is 2. The number of carbonyl (C=O) groups is 2. The summed E-state index contributed by atoms with van der Waals surface area (Å²) in [4.78, 5) is 21.0. The van der Waals surface area contributed by atoms with Crippen LogP contribution in [0.25, 0.3) is 0 Å². The molecular formula is C6H7KO4. The first-order valence-electron chi connectivity index (χ1n) is 2.93. The minimum absolute atomic E-state index is 0. The molecule has 0 aromatic carbocycles. The Hall–Kier alpha value is 0.576. The van der Waals surface area contributed by atoms with Crippen molar-refractivity contribution in [2.75, 3.05) is 7.11 Å². The monoisotopic (exact) mass is 182 g/mol. The molecule has 1 aliphatic carbocycles. The molecule has 0 heterocycles. The van der Waals surface area contributed by atoms with Crippen molar-refractivity contribution in [2.24, 2.45) is 5.41 Å². The van der Waals surface area contributed by atoms with Crippen molar-refractivity contribution >= 4 is 11.9 Å². The number of ether oxygens (including phenoxy) is 1. The van der Waals surface area contributed by atoms with E-state index in [9.17, 15) is 14.7 Å². The van der Waals surface area contributed by atoms with Crippen molar-refractivity contribution in [2.45, 2.75) is 12.8 Å². The van der Waals surface area contributed by atoms with Gasteiger partial charge in [0, 0.05) is 0 Å². The molecule has 11 heavy (non-hydrogen) atoms. The molecule has 0 saturated heterocycles. The maximum Gasteiger partial charge on any atom is 1.00 e. The van der Waals surface area contributed by atoms with Gasteiger partial charge in [0.1, 0.15) is 5.41 Å². The molecule has 4 nitrogen and oxygen atoms in total. The van der Waals surface area contributed by atoms with Crippen molar-refractivity contribution in [3.8, 4) is 0 Å². The van der Waals surface area contributed by atoms with Crippen molar-refractivity contribution in [3.63, 3.8) is 0 Å².